The molecular weight excluding hydrogens is 536 g/mol. The van der Waals surface area contributed by atoms with E-state index in [1.807, 2.05) is 110 Å². The van der Waals surface area contributed by atoms with Crippen LogP contribution in [0.15, 0.2) is 85.1 Å². The van der Waals surface area contributed by atoms with E-state index in [2.05, 4.69) is 5.32 Å². The van der Waals surface area contributed by atoms with Crippen molar-refractivity contribution in [1.82, 2.24) is 9.88 Å². The maximum atomic E-state index is 13.3. The average molecular weight is 575 g/mol. The number of nitrogens with zero attached hydrogens (tertiary/aromatic N) is 1. The highest BCUT2D eigenvalue weighted by Gasteiger charge is 2.26. The lowest BCUT2D eigenvalue weighted by Gasteiger charge is -2.24. The van der Waals surface area contributed by atoms with Crippen LogP contribution in [0.5, 0.6) is 5.75 Å². The molecule has 222 valence electrons. The van der Waals surface area contributed by atoms with Crippen LogP contribution in [-0.2, 0) is 45.2 Å². The highest BCUT2D eigenvalue weighted by molar-refractivity contribution is 5.87. The third-order valence-electron chi connectivity index (χ3n) is 6.45. The van der Waals surface area contributed by atoms with Gasteiger partial charge in [0.15, 0.2) is 6.29 Å². The molecule has 4 rings (SSSR count). The monoisotopic (exact) mass is 574 g/mol. The number of carbonyl (C=O) groups excluding carboxylic acids is 2. The Kier molecular flexibility index (Phi) is 10.2. The summed E-state index contributed by atoms with van der Waals surface area (Å²) in [4.78, 5) is 26.2. The van der Waals surface area contributed by atoms with Crippen molar-refractivity contribution in [1.29, 1.82) is 0 Å². The number of aliphatic hydroxyl groups is 1. The number of rotatable bonds is 12. The summed E-state index contributed by atoms with van der Waals surface area (Å²) in [5, 5.41) is 14.1. The van der Waals surface area contributed by atoms with Gasteiger partial charge in [0.25, 0.3) is 0 Å². The molecule has 9 heteroatoms. The van der Waals surface area contributed by atoms with Crippen LogP contribution in [0.25, 0.3) is 10.9 Å². The van der Waals surface area contributed by atoms with Crippen LogP contribution in [0.4, 0.5) is 4.79 Å². The van der Waals surface area contributed by atoms with Gasteiger partial charge in [-0.05, 0) is 55.7 Å². The molecule has 0 aliphatic rings. The number of carbonyl (C=O) groups is 2. The summed E-state index contributed by atoms with van der Waals surface area (Å²) in [5.74, 6) is 0.0295. The molecule has 4 aromatic rings. The normalized spacial score (nSPS) is 12.9. The number of esters is 1. The van der Waals surface area contributed by atoms with E-state index in [1.165, 1.54) is 0 Å². The van der Waals surface area contributed by atoms with Crippen molar-refractivity contribution in [2.75, 3.05) is 7.11 Å². The molecule has 1 amide bonds. The number of aromatic nitrogens is 1. The second-order valence-electron chi connectivity index (χ2n) is 10.9. The zero-order valence-electron chi connectivity index (χ0n) is 24.4. The van der Waals surface area contributed by atoms with E-state index in [0.717, 1.165) is 27.6 Å². The zero-order chi connectivity index (χ0) is 30.1. The molecule has 0 unspecified atom stereocenters. The van der Waals surface area contributed by atoms with Gasteiger partial charge in [-0.15, -0.1) is 0 Å². The molecule has 0 fully saturated rings. The summed E-state index contributed by atoms with van der Waals surface area (Å²) < 4.78 is 24.0. The minimum Gasteiger partial charge on any atom is -0.497 e. The maximum Gasteiger partial charge on any atom is 0.408 e. The quantitative estimate of drug-likeness (QED) is 0.173. The van der Waals surface area contributed by atoms with Crippen LogP contribution in [0.2, 0.25) is 0 Å². The molecule has 2 N–H and O–H groups in total. The SMILES string of the molecule is COc1ccc2c(c1)c(C[C@H](NC(=O)OCc1ccccc1)C(=O)OCc1ccccc1)cn2C[C@@H](O)OC(C)(C)C. The Morgan fingerprint density at radius 1 is 0.905 bits per heavy atom. The van der Waals surface area contributed by atoms with Gasteiger partial charge in [0.2, 0.25) is 0 Å². The first-order valence-electron chi connectivity index (χ1n) is 13.8. The topological polar surface area (TPSA) is 108 Å². The Morgan fingerprint density at radius 3 is 2.12 bits per heavy atom. The number of ether oxygens (including phenoxy) is 4. The first-order valence-corrected chi connectivity index (χ1v) is 13.8. The second kappa shape index (κ2) is 14.0. The number of alkyl carbamates (subject to hydrolysis) is 1. The van der Waals surface area contributed by atoms with E-state index in [-0.39, 0.29) is 26.2 Å². The summed E-state index contributed by atoms with van der Waals surface area (Å²) in [6.45, 7) is 5.89. The molecule has 1 aromatic heterocycles. The predicted molar refractivity (Wildman–Crippen MR) is 159 cm³/mol. The molecular formula is C33H38N2O7. The third-order valence-corrected chi connectivity index (χ3v) is 6.45. The van der Waals surface area contributed by atoms with Gasteiger partial charge in [-0.2, -0.15) is 0 Å². The standard InChI is InChI=1S/C33H38N2O7/c1-33(2,3)42-30(36)20-35-19-25(27-18-26(39-4)15-16-29(27)35)17-28(31(37)40-21-23-11-7-5-8-12-23)34-32(38)41-22-24-13-9-6-10-14-24/h5-16,18-19,28,30,36H,17,20-22H2,1-4H3,(H,34,38)/t28-,30-/m0/s1. The van der Waals surface area contributed by atoms with E-state index >= 15 is 0 Å². The predicted octanol–water partition coefficient (Wildman–Crippen LogP) is 5.36. The molecule has 3 aromatic carbocycles. The van der Waals surface area contributed by atoms with E-state index in [9.17, 15) is 14.7 Å². The number of hydrogen-bond acceptors (Lipinski definition) is 7. The second-order valence-corrected chi connectivity index (χ2v) is 10.9. The van der Waals surface area contributed by atoms with Gasteiger partial charge < -0.3 is 33.9 Å². The first kappa shape index (κ1) is 30.6. The Bertz CT molecular complexity index is 1460. The Balaban J connectivity index is 1.58. The maximum absolute atomic E-state index is 13.3. The largest absolute Gasteiger partial charge is 0.497 e. The summed E-state index contributed by atoms with van der Waals surface area (Å²) >= 11 is 0. The van der Waals surface area contributed by atoms with Crippen molar-refractivity contribution in [2.24, 2.45) is 0 Å². The molecule has 42 heavy (non-hydrogen) atoms. The lowest BCUT2D eigenvalue weighted by molar-refractivity contribution is -0.171. The van der Waals surface area contributed by atoms with Crippen LogP contribution in [-0.4, -0.2) is 46.8 Å². The summed E-state index contributed by atoms with van der Waals surface area (Å²) in [7, 11) is 1.58. The number of nitrogens with one attached hydrogen (secondary N) is 1. The number of fused-ring (bicyclic) bond motifs is 1. The van der Waals surface area contributed by atoms with E-state index in [1.54, 1.807) is 7.11 Å². The van der Waals surface area contributed by atoms with Crippen molar-refractivity contribution in [2.45, 2.75) is 64.9 Å². The van der Waals surface area contributed by atoms with Crippen molar-refractivity contribution in [3.05, 3.63) is 102 Å². The lowest BCUT2D eigenvalue weighted by atomic mass is 10.0. The highest BCUT2D eigenvalue weighted by Crippen LogP contribution is 2.28. The highest BCUT2D eigenvalue weighted by atomic mass is 16.6. The fourth-order valence-corrected chi connectivity index (χ4v) is 4.55. The molecule has 0 saturated heterocycles. The average Bonchev–Trinajstić information content (AvgIpc) is 3.30. The molecule has 0 aliphatic carbocycles. The van der Waals surface area contributed by atoms with E-state index in [4.69, 9.17) is 18.9 Å². The van der Waals surface area contributed by atoms with Gasteiger partial charge in [-0.25, -0.2) is 9.59 Å². The van der Waals surface area contributed by atoms with Crippen molar-refractivity contribution < 1.29 is 33.6 Å². The number of methoxy groups -OCH3 is 1. The Labute approximate surface area is 246 Å². The number of amides is 1. The fraction of sp³-hybridized carbons (Fsp3) is 0.333. The first-order chi connectivity index (χ1) is 20.1. The van der Waals surface area contributed by atoms with Crippen LogP contribution in [0, 0.1) is 0 Å². The molecule has 1 heterocycles. The lowest BCUT2D eigenvalue weighted by Crippen LogP contribution is -2.43. The third kappa shape index (κ3) is 8.83. The molecule has 0 aliphatic heterocycles. The van der Waals surface area contributed by atoms with Gasteiger partial charge in [-0.3, -0.25) is 0 Å². The minimum absolute atomic E-state index is 0.0562. The van der Waals surface area contributed by atoms with Gasteiger partial charge in [-0.1, -0.05) is 60.7 Å². The molecule has 9 nitrogen and oxygen atoms in total. The van der Waals surface area contributed by atoms with Gasteiger partial charge in [0.1, 0.15) is 25.0 Å². The minimum atomic E-state index is -1.06. The smallest absolute Gasteiger partial charge is 0.408 e. The van der Waals surface area contributed by atoms with Gasteiger partial charge >= 0.3 is 12.1 Å². The molecule has 0 spiro atoms. The molecule has 2 atom stereocenters. The zero-order valence-corrected chi connectivity index (χ0v) is 24.4. The van der Waals surface area contributed by atoms with Crippen molar-refractivity contribution in [3.8, 4) is 5.75 Å². The van der Waals surface area contributed by atoms with Crippen LogP contribution >= 0.6 is 0 Å². The fourth-order valence-electron chi connectivity index (χ4n) is 4.55. The van der Waals surface area contributed by atoms with Crippen LogP contribution in [0.1, 0.15) is 37.5 Å². The Morgan fingerprint density at radius 2 is 1.52 bits per heavy atom. The molecule has 0 bridgehead atoms. The number of aliphatic hydroxyl groups excluding tert-OH is 1. The molecule has 0 saturated carbocycles. The number of hydrogen-bond donors (Lipinski definition) is 2. The number of benzene rings is 3. The van der Waals surface area contributed by atoms with Crippen LogP contribution in [0.3, 0.4) is 0 Å². The van der Waals surface area contributed by atoms with E-state index in [0.29, 0.717) is 5.75 Å². The van der Waals surface area contributed by atoms with Crippen molar-refractivity contribution >= 4 is 23.0 Å². The Hall–Kier alpha value is -4.34. The van der Waals surface area contributed by atoms with E-state index < -0.39 is 30.0 Å². The van der Waals surface area contributed by atoms with Crippen LogP contribution < -0.4 is 10.1 Å². The summed E-state index contributed by atoms with van der Waals surface area (Å²) in [6, 6.07) is 23.1. The summed E-state index contributed by atoms with van der Waals surface area (Å²) in [5.41, 5.74) is 2.67. The summed E-state index contributed by atoms with van der Waals surface area (Å²) in [6.07, 6.45) is 0.151. The van der Waals surface area contributed by atoms with Crippen molar-refractivity contribution in [3.63, 3.8) is 0 Å². The van der Waals surface area contributed by atoms with Gasteiger partial charge in [0.05, 0.1) is 19.3 Å². The van der Waals surface area contributed by atoms with Gasteiger partial charge in [0, 0.05) is 23.5 Å². The molecule has 0 radical (unpaired) electrons.